The number of cyclic esters (lactones) is 1. The van der Waals surface area contributed by atoms with Gasteiger partial charge in [-0.2, -0.15) is 0 Å². The molecule has 1 saturated heterocycles. The van der Waals surface area contributed by atoms with Crippen molar-refractivity contribution < 1.29 is 14.3 Å². The molecule has 2 atom stereocenters. The number of benzene rings is 2. The van der Waals surface area contributed by atoms with E-state index in [1.807, 2.05) is 66.7 Å². The van der Waals surface area contributed by atoms with E-state index in [0.29, 0.717) is 5.57 Å². The molecule has 2 unspecified atom stereocenters. The fourth-order valence-corrected chi connectivity index (χ4v) is 3.19. The number of hydrogen-bond acceptors (Lipinski definition) is 3. The molecule has 0 bridgehead atoms. The molecule has 2 amide bonds. The van der Waals surface area contributed by atoms with E-state index < -0.39 is 18.2 Å². The Bertz CT molecular complexity index is 799. The molecule has 0 N–H and O–H groups in total. The average molecular weight is 349 g/mol. The van der Waals surface area contributed by atoms with Crippen molar-refractivity contribution in [3.8, 4) is 0 Å². The molecule has 2 aromatic carbocycles. The normalized spacial score (nSPS) is 20.2. The zero-order valence-corrected chi connectivity index (χ0v) is 15.1. The van der Waals surface area contributed by atoms with Gasteiger partial charge in [0.25, 0.3) is 5.91 Å². The van der Waals surface area contributed by atoms with Crippen molar-refractivity contribution in [1.29, 1.82) is 0 Å². The number of carbonyl (C=O) groups is 2. The minimum absolute atomic E-state index is 0.296. The lowest BCUT2D eigenvalue weighted by Crippen LogP contribution is -2.35. The van der Waals surface area contributed by atoms with Crippen LogP contribution >= 0.6 is 0 Å². The van der Waals surface area contributed by atoms with Crippen LogP contribution in [0.5, 0.6) is 0 Å². The Morgan fingerprint density at radius 3 is 2.19 bits per heavy atom. The second-order valence-electron chi connectivity index (χ2n) is 6.42. The van der Waals surface area contributed by atoms with Gasteiger partial charge in [0, 0.05) is 5.57 Å². The van der Waals surface area contributed by atoms with Crippen LogP contribution in [0.2, 0.25) is 0 Å². The van der Waals surface area contributed by atoms with E-state index in [1.54, 1.807) is 6.92 Å². The lowest BCUT2D eigenvalue weighted by molar-refractivity contribution is -0.125. The summed E-state index contributed by atoms with van der Waals surface area (Å²) in [6, 6.07) is 18.7. The fraction of sp³-hybridized carbons (Fsp3) is 0.273. The van der Waals surface area contributed by atoms with E-state index in [9.17, 15) is 9.59 Å². The molecule has 2 aromatic rings. The number of nitrogens with zero attached hydrogens (tertiary/aromatic N) is 1. The van der Waals surface area contributed by atoms with Crippen LogP contribution in [-0.4, -0.2) is 16.9 Å². The largest absolute Gasteiger partial charge is 0.438 e. The summed E-state index contributed by atoms with van der Waals surface area (Å²) in [6.45, 7) is 3.81. The van der Waals surface area contributed by atoms with Gasteiger partial charge in [-0.05, 0) is 24.5 Å². The van der Waals surface area contributed by atoms with Crippen LogP contribution in [0.3, 0.4) is 0 Å². The molecule has 4 heteroatoms. The standard InChI is InChI=1S/C22H23NO3/c1-3-4-11-16(2)21(24)23-19(17-12-7-5-8-13-17)20(26-22(23)25)18-14-9-6-10-15-18/h5-15,19-20H,3-4H2,1-2H3/b16-11+. The van der Waals surface area contributed by atoms with E-state index in [2.05, 4.69) is 6.92 Å². The van der Waals surface area contributed by atoms with Gasteiger partial charge in [-0.3, -0.25) is 4.79 Å². The van der Waals surface area contributed by atoms with Crippen LogP contribution in [-0.2, 0) is 9.53 Å². The third kappa shape index (κ3) is 3.54. The van der Waals surface area contributed by atoms with Crippen molar-refractivity contribution >= 4 is 12.0 Å². The maximum Gasteiger partial charge on any atom is 0.418 e. The Kier molecular flexibility index (Phi) is 5.52. The van der Waals surface area contributed by atoms with Gasteiger partial charge in [0.2, 0.25) is 0 Å². The van der Waals surface area contributed by atoms with Crippen LogP contribution in [0.1, 0.15) is 50.0 Å². The van der Waals surface area contributed by atoms with Crippen LogP contribution in [0.25, 0.3) is 0 Å². The quantitative estimate of drug-likeness (QED) is 0.698. The third-order valence-electron chi connectivity index (χ3n) is 4.55. The number of unbranched alkanes of at least 4 members (excludes halogenated alkanes) is 1. The predicted octanol–water partition coefficient (Wildman–Crippen LogP) is 5.19. The molecule has 1 fully saturated rings. The molecular weight excluding hydrogens is 326 g/mol. The summed E-state index contributed by atoms with van der Waals surface area (Å²) in [5.74, 6) is -0.296. The molecular formula is C22H23NO3. The first-order valence-electron chi connectivity index (χ1n) is 8.94. The minimum atomic E-state index is -0.595. The molecule has 0 radical (unpaired) electrons. The average Bonchev–Trinajstić information content (AvgIpc) is 3.04. The highest BCUT2D eigenvalue weighted by Crippen LogP contribution is 2.43. The second kappa shape index (κ2) is 8.00. The number of ether oxygens (including phenoxy) is 1. The summed E-state index contributed by atoms with van der Waals surface area (Å²) in [7, 11) is 0. The first kappa shape index (κ1) is 17.9. The zero-order valence-electron chi connectivity index (χ0n) is 15.1. The van der Waals surface area contributed by atoms with Crippen LogP contribution < -0.4 is 0 Å². The van der Waals surface area contributed by atoms with Crippen molar-refractivity contribution in [3.05, 3.63) is 83.4 Å². The van der Waals surface area contributed by atoms with Crippen molar-refractivity contribution in [2.75, 3.05) is 0 Å². The van der Waals surface area contributed by atoms with Gasteiger partial charge in [0.1, 0.15) is 6.04 Å². The van der Waals surface area contributed by atoms with Crippen molar-refractivity contribution in [1.82, 2.24) is 4.90 Å². The van der Waals surface area contributed by atoms with Crippen LogP contribution in [0.4, 0.5) is 4.79 Å². The van der Waals surface area contributed by atoms with Gasteiger partial charge >= 0.3 is 6.09 Å². The summed E-state index contributed by atoms with van der Waals surface area (Å²) in [5, 5.41) is 0. The monoisotopic (exact) mass is 349 g/mol. The van der Waals surface area contributed by atoms with Gasteiger partial charge in [-0.25, -0.2) is 9.69 Å². The highest BCUT2D eigenvalue weighted by Gasteiger charge is 2.47. The predicted molar refractivity (Wildman–Crippen MR) is 100 cm³/mol. The Morgan fingerprint density at radius 2 is 1.62 bits per heavy atom. The second-order valence-corrected chi connectivity index (χ2v) is 6.42. The molecule has 1 aliphatic heterocycles. The maximum absolute atomic E-state index is 13.0. The van der Waals surface area contributed by atoms with Gasteiger partial charge in [-0.1, -0.05) is 80.1 Å². The molecule has 0 aromatic heterocycles. The molecule has 1 heterocycles. The smallest absolute Gasteiger partial charge is 0.418 e. The summed E-state index contributed by atoms with van der Waals surface area (Å²) < 4.78 is 5.64. The van der Waals surface area contributed by atoms with Gasteiger partial charge in [0.05, 0.1) is 0 Å². The Hall–Kier alpha value is -2.88. The molecule has 0 aliphatic carbocycles. The lowest BCUT2D eigenvalue weighted by Gasteiger charge is -2.24. The summed E-state index contributed by atoms with van der Waals surface area (Å²) in [6.07, 6.45) is 2.52. The van der Waals surface area contributed by atoms with E-state index >= 15 is 0 Å². The SMILES string of the molecule is CCC/C=C(\C)C(=O)N1C(=O)OC(c2ccccc2)C1c1ccccc1. The number of allylic oxidation sites excluding steroid dienone is 1. The van der Waals surface area contributed by atoms with E-state index in [4.69, 9.17) is 4.74 Å². The van der Waals surface area contributed by atoms with Gasteiger partial charge in [-0.15, -0.1) is 0 Å². The van der Waals surface area contributed by atoms with Gasteiger partial charge in [0.15, 0.2) is 6.10 Å². The lowest BCUT2D eigenvalue weighted by atomic mass is 9.95. The highest BCUT2D eigenvalue weighted by molar-refractivity contribution is 6.03. The number of amides is 2. The van der Waals surface area contributed by atoms with Crippen molar-refractivity contribution in [3.63, 3.8) is 0 Å². The molecule has 4 nitrogen and oxygen atoms in total. The Morgan fingerprint density at radius 1 is 1.04 bits per heavy atom. The van der Waals surface area contributed by atoms with Crippen molar-refractivity contribution in [2.24, 2.45) is 0 Å². The summed E-state index contributed by atoms with van der Waals surface area (Å²) in [5.41, 5.74) is 2.32. The molecule has 0 spiro atoms. The Balaban J connectivity index is 2.02. The number of imide groups is 1. The van der Waals surface area contributed by atoms with E-state index in [1.165, 1.54) is 4.90 Å². The highest BCUT2D eigenvalue weighted by atomic mass is 16.6. The zero-order chi connectivity index (χ0) is 18.5. The summed E-state index contributed by atoms with van der Waals surface area (Å²) in [4.78, 5) is 26.9. The van der Waals surface area contributed by atoms with E-state index in [-0.39, 0.29) is 5.91 Å². The minimum Gasteiger partial charge on any atom is -0.438 e. The van der Waals surface area contributed by atoms with Crippen molar-refractivity contribution in [2.45, 2.75) is 38.8 Å². The van der Waals surface area contributed by atoms with Gasteiger partial charge < -0.3 is 4.74 Å². The first-order chi connectivity index (χ1) is 12.6. The number of rotatable bonds is 5. The van der Waals surface area contributed by atoms with Crippen LogP contribution in [0, 0.1) is 0 Å². The molecule has 3 rings (SSSR count). The fourth-order valence-electron chi connectivity index (χ4n) is 3.19. The molecule has 0 saturated carbocycles. The first-order valence-corrected chi connectivity index (χ1v) is 8.94. The number of hydrogen-bond donors (Lipinski definition) is 0. The summed E-state index contributed by atoms with van der Waals surface area (Å²) >= 11 is 0. The van der Waals surface area contributed by atoms with E-state index in [0.717, 1.165) is 24.0 Å². The number of carbonyl (C=O) groups excluding carboxylic acids is 2. The topological polar surface area (TPSA) is 46.6 Å². The maximum atomic E-state index is 13.0. The molecule has 26 heavy (non-hydrogen) atoms. The molecule has 134 valence electrons. The third-order valence-corrected chi connectivity index (χ3v) is 4.55. The molecule has 1 aliphatic rings. The van der Waals surface area contributed by atoms with Crippen LogP contribution in [0.15, 0.2) is 72.3 Å². The Labute approximate surface area is 154 Å².